The third-order valence-electron chi connectivity index (χ3n) is 3.69. The molecule has 1 aliphatic rings. The van der Waals surface area contributed by atoms with Gasteiger partial charge in [0.2, 0.25) is 5.91 Å². The van der Waals surface area contributed by atoms with Gasteiger partial charge in [-0.15, -0.1) is 0 Å². The molecule has 0 bridgehead atoms. The number of benzene rings is 2. The normalized spacial score (nSPS) is 18.1. The number of carbonyl (C=O) groups excluding carboxylic acids is 2. The summed E-state index contributed by atoms with van der Waals surface area (Å²) in [6.45, 7) is 1.92. The van der Waals surface area contributed by atoms with Gasteiger partial charge in [0.25, 0.3) is 5.91 Å². The molecule has 2 amide bonds. The summed E-state index contributed by atoms with van der Waals surface area (Å²) in [6.07, 6.45) is 1.37. The van der Waals surface area contributed by atoms with Crippen LogP contribution in [-0.4, -0.2) is 23.1 Å². The van der Waals surface area contributed by atoms with E-state index >= 15 is 0 Å². The van der Waals surface area contributed by atoms with Crippen LogP contribution >= 0.6 is 12.2 Å². The van der Waals surface area contributed by atoms with Gasteiger partial charge < -0.3 is 5.32 Å². The Kier molecular flexibility index (Phi) is 4.48. The molecule has 24 heavy (non-hydrogen) atoms. The third kappa shape index (κ3) is 3.09. The number of nitrogens with one attached hydrogen (secondary N) is 1. The van der Waals surface area contributed by atoms with E-state index in [-0.39, 0.29) is 5.11 Å². The smallest absolute Gasteiger partial charge is 0.251 e. The SMILES string of the molecule is Cc1ccccc1N=C[C@@H]1C(=O)NC(=S)N(c2ccccc2)C1=O. The molecule has 120 valence electrons. The fourth-order valence-electron chi connectivity index (χ4n) is 2.41. The van der Waals surface area contributed by atoms with Crippen molar-refractivity contribution in [2.75, 3.05) is 4.90 Å². The summed E-state index contributed by atoms with van der Waals surface area (Å²) in [5.74, 6) is -1.89. The molecule has 2 aromatic carbocycles. The highest BCUT2D eigenvalue weighted by molar-refractivity contribution is 7.80. The molecule has 1 N–H and O–H groups in total. The van der Waals surface area contributed by atoms with Crippen LogP contribution in [0.2, 0.25) is 0 Å². The van der Waals surface area contributed by atoms with E-state index < -0.39 is 17.7 Å². The molecule has 2 aromatic rings. The van der Waals surface area contributed by atoms with Crippen LogP contribution in [0.25, 0.3) is 0 Å². The lowest BCUT2D eigenvalue weighted by atomic mass is 10.1. The van der Waals surface area contributed by atoms with E-state index in [4.69, 9.17) is 12.2 Å². The zero-order valence-corrected chi connectivity index (χ0v) is 13.8. The van der Waals surface area contributed by atoms with Crippen molar-refractivity contribution < 1.29 is 9.59 Å². The van der Waals surface area contributed by atoms with Crippen molar-refractivity contribution in [2.45, 2.75) is 6.92 Å². The number of hydrogen-bond donors (Lipinski definition) is 1. The standard InChI is InChI=1S/C18H15N3O2S/c1-12-7-5-6-10-15(12)19-11-14-16(22)20-18(24)21(17(14)23)13-8-3-2-4-9-13/h2-11,14H,1H3,(H,20,22,24)/t14-/m1/s1. The Balaban J connectivity index is 1.90. The van der Waals surface area contributed by atoms with E-state index in [1.165, 1.54) is 11.1 Å². The maximum absolute atomic E-state index is 12.7. The summed E-state index contributed by atoms with van der Waals surface area (Å²) in [6, 6.07) is 16.5. The summed E-state index contributed by atoms with van der Waals surface area (Å²) in [5, 5.41) is 2.65. The predicted molar refractivity (Wildman–Crippen MR) is 97.5 cm³/mol. The van der Waals surface area contributed by atoms with Crippen molar-refractivity contribution in [1.29, 1.82) is 0 Å². The van der Waals surface area contributed by atoms with E-state index in [0.29, 0.717) is 5.69 Å². The highest BCUT2D eigenvalue weighted by Crippen LogP contribution is 2.21. The molecule has 0 aromatic heterocycles. The summed E-state index contributed by atoms with van der Waals surface area (Å²) >= 11 is 5.14. The summed E-state index contributed by atoms with van der Waals surface area (Å²) in [5.41, 5.74) is 2.30. The zero-order chi connectivity index (χ0) is 17.1. The topological polar surface area (TPSA) is 61.8 Å². The largest absolute Gasteiger partial charge is 0.301 e. The van der Waals surface area contributed by atoms with E-state index in [2.05, 4.69) is 10.3 Å². The van der Waals surface area contributed by atoms with Crippen LogP contribution in [0.5, 0.6) is 0 Å². The average molecular weight is 337 g/mol. The molecule has 1 heterocycles. The van der Waals surface area contributed by atoms with Crippen LogP contribution in [0.15, 0.2) is 59.6 Å². The second-order valence-corrected chi connectivity index (χ2v) is 5.73. The average Bonchev–Trinajstić information content (AvgIpc) is 2.57. The first-order valence-electron chi connectivity index (χ1n) is 7.41. The van der Waals surface area contributed by atoms with Gasteiger partial charge in [-0.25, -0.2) is 0 Å². The number of hydrogen-bond acceptors (Lipinski definition) is 4. The van der Waals surface area contributed by atoms with E-state index in [0.717, 1.165) is 11.3 Å². The first-order valence-corrected chi connectivity index (χ1v) is 7.82. The van der Waals surface area contributed by atoms with E-state index in [1.807, 2.05) is 37.3 Å². The molecule has 0 spiro atoms. The van der Waals surface area contributed by atoms with Gasteiger partial charge in [0.1, 0.15) is 0 Å². The second-order valence-electron chi connectivity index (χ2n) is 5.35. The molecular weight excluding hydrogens is 322 g/mol. The van der Waals surface area contributed by atoms with Gasteiger partial charge in [-0.05, 0) is 42.9 Å². The van der Waals surface area contributed by atoms with Gasteiger partial charge in [-0.1, -0.05) is 36.4 Å². The van der Waals surface area contributed by atoms with Gasteiger partial charge in [0.15, 0.2) is 11.0 Å². The van der Waals surface area contributed by atoms with Gasteiger partial charge in [-0.2, -0.15) is 0 Å². The first kappa shape index (κ1) is 16.0. The summed E-state index contributed by atoms with van der Waals surface area (Å²) < 4.78 is 0. The number of anilines is 1. The minimum absolute atomic E-state index is 0.0803. The molecule has 6 heteroatoms. The Morgan fingerprint density at radius 3 is 2.46 bits per heavy atom. The van der Waals surface area contributed by atoms with Gasteiger partial charge in [-0.3, -0.25) is 19.5 Å². The molecule has 0 saturated carbocycles. The molecule has 3 rings (SSSR count). The maximum Gasteiger partial charge on any atom is 0.251 e. The van der Waals surface area contributed by atoms with Crippen LogP contribution in [0.4, 0.5) is 11.4 Å². The minimum Gasteiger partial charge on any atom is -0.301 e. The van der Waals surface area contributed by atoms with Crippen molar-refractivity contribution in [2.24, 2.45) is 10.9 Å². The minimum atomic E-state index is -1.02. The summed E-state index contributed by atoms with van der Waals surface area (Å²) in [7, 11) is 0. The molecule has 0 unspecified atom stereocenters. The van der Waals surface area contributed by atoms with Crippen LogP contribution in [0.1, 0.15) is 5.56 Å². The third-order valence-corrected chi connectivity index (χ3v) is 3.98. The van der Waals surface area contributed by atoms with Crippen molar-refractivity contribution >= 4 is 46.7 Å². The van der Waals surface area contributed by atoms with Crippen molar-refractivity contribution in [1.82, 2.24) is 5.32 Å². The molecule has 0 aliphatic carbocycles. The Morgan fingerprint density at radius 2 is 1.75 bits per heavy atom. The van der Waals surface area contributed by atoms with Gasteiger partial charge >= 0.3 is 0 Å². The summed E-state index contributed by atoms with van der Waals surface area (Å²) in [4.78, 5) is 30.5. The fraction of sp³-hybridized carbons (Fsp3) is 0.111. The Morgan fingerprint density at radius 1 is 1.08 bits per heavy atom. The number of para-hydroxylation sites is 2. The number of carbonyl (C=O) groups is 2. The van der Waals surface area contributed by atoms with Crippen LogP contribution in [0, 0.1) is 12.8 Å². The molecule has 1 atom stereocenters. The van der Waals surface area contributed by atoms with Crippen molar-refractivity contribution in [3.63, 3.8) is 0 Å². The molecule has 5 nitrogen and oxygen atoms in total. The fourth-order valence-corrected chi connectivity index (χ4v) is 2.70. The second kappa shape index (κ2) is 6.72. The Bertz CT molecular complexity index is 833. The molecular formula is C18H15N3O2S. The Hall–Kier alpha value is -2.86. The molecule has 1 aliphatic heterocycles. The maximum atomic E-state index is 12.7. The number of amides is 2. The van der Waals surface area contributed by atoms with E-state index in [9.17, 15) is 9.59 Å². The predicted octanol–water partition coefficient (Wildman–Crippen LogP) is 2.76. The van der Waals surface area contributed by atoms with Gasteiger partial charge in [0, 0.05) is 6.21 Å². The number of aryl methyl sites for hydroxylation is 1. The van der Waals surface area contributed by atoms with Crippen molar-refractivity contribution in [3.8, 4) is 0 Å². The number of aliphatic imine (C=N–C) groups is 1. The van der Waals surface area contributed by atoms with Crippen LogP contribution < -0.4 is 10.2 Å². The molecule has 1 saturated heterocycles. The zero-order valence-electron chi connectivity index (χ0n) is 13.0. The monoisotopic (exact) mass is 337 g/mol. The highest BCUT2D eigenvalue weighted by Gasteiger charge is 2.38. The van der Waals surface area contributed by atoms with Gasteiger partial charge in [0.05, 0.1) is 11.4 Å². The molecule has 0 radical (unpaired) electrons. The lowest BCUT2D eigenvalue weighted by Crippen LogP contribution is -2.58. The quantitative estimate of drug-likeness (QED) is 0.532. The van der Waals surface area contributed by atoms with Crippen LogP contribution in [0.3, 0.4) is 0 Å². The number of nitrogens with zero attached hydrogens (tertiary/aromatic N) is 2. The first-order chi connectivity index (χ1) is 11.6. The van der Waals surface area contributed by atoms with Crippen LogP contribution in [-0.2, 0) is 9.59 Å². The van der Waals surface area contributed by atoms with Crippen molar-refractivity contribution in [3.05, 3.63) is 60.2 Å². The lowest BCUT2D eigenvalue weighted by Gasteiger charge is -2.30. The highest BCUT2D eigenvalue weighted by atomic mass is 32.1. The molecule has 1 fully saturated rings. The van der Waals surface area contributed by atoms with E-state index in [1.54, 1.807) is 24.3 Å². The lowest BCUT2D eigenvalue weighted by molar-refractivity contribution is -0.130. The number of rotatable bonds is 3. The number of thiocarbonyl (C=S) groups is 1. The Labute approximate surface area is 145 Å².